The second-order valence-corrected chi connectivity index (χ2v) is 4.84. The molecule has 0 N–H and O–H groups in total. The van der Waals surface area contributed by atoms with E-state index in [0.717, 1.165) is 6.42 Å². The third-order valence-electron chi connectivity index (χ3n) is 3.57. The highest BCUT2D eigenvalue weighted by molar-refractivity contribution is 5.31. The van der Waals surface area contributed by atoms with Gasteiger partial charge in [0.15, 0.2) is 0 Å². The van der Waals surface area contributed by atoms with Crippen molar-refractivity contribution in [2.24, 2.45) is 0 Å². The van der Waals surface area contributed by atoms with E-state index in [-0.39, 0.29) is 0 Å². The molecule has 1 aromatic rings. The summed E-state index contributed by atoms with van der Waals surface area (Å²) in [6, 6.07) is 8.89. The van der Waals surface area contributed by atoms with E-state index in [1.54, 1.807) is 0 Å². The summed E-state index contributed by atoms with van der Waals surface area (Å²) < 4.78 is 0. The van der Waals surface area contributed by atoms with Gasteiger partial charge in [-0.05, 0) is 29.9 Å². The Bertz CT molecular complexity index is 353. The van der Waals surface area contributed by atoms with Crippen LogP contribution in [-0.4, -0.2) is 0 Å². The summed E-state index contributed by atoms with van der Waals surface area (Å²) in [5.41, 5.74) is 2.72. The minimum absolute atomic E-state index is 0.293. The molecular formula is C17H24. The smallest absolute Gasteiger partial charge is 0.0449 e. The van der Waals surface area contributed by atoms with E-state index < -0.39 is 0 Å². The quantitative estimate of drug-likeness (QED) is 0.594. The van der Waals surface area contributed by atoms with Crippen LogP contribution in [0.2, 0.25) is 0 Å². The van der Waals surface area contributed by atoms with Crippen molar-refractivity contribution in [1.82, 2.24) is 0 Å². The summed E-state index contributed by atoms with van der Waals surface area (Å²) in [7, 11) is 0. The predicted molar refractivity (Wildman–Crippen MR) is 76.2 cm³/mol. The number of benzene rings is 1. The molecule has 0 spiro atoms. The predicted octanol–water partition coefficient (Wildman–Crippen LogP) is 5.11. The Morgan fingerprint density at radius 2 is 1.71 bits per heavy atom. The lowest BCUT2D eigenvalue weighted by Gasteiger charge is -2.13. The summed E-state index contributed by atoms with van der Waals surface area (Å²) in [4.78, 5) is 0. The topological polar surface area (TPSA) is 0 Å². The molecule has 0 saturated carbocycles. The maximum Gasteiger partial charge on any atom is 0.0449 e. The molecule has 0 heteroatoms. The maximum absolute atomic E-state index is 5.62. The zero-order chi connectivity index (χ0) is 12.7. The van der Waals surface area contributed by atoms with E-state index in [4.69, 9.17) is 6.42 Å². The molecule has 0 fully saturated rings. The van der Waals surface area contributed by atoms with Gasteiger partial charge in [-0.25, -0.2) is 0 Å². The molecule has 0 radical (unpaired) electrons. The fourth-order valence-corrected chi connectivity index (χ4v) is 2.05. The summed E-state index contributed by atoms with van der Waals surface area (Å²) in [5, 5.41) is 0. The van der Waals surface area contributed by atoms with Gasteiger partial charge in [0.25, 0.3) is 0 Å². The van der Waals surface area contributed by atoms with Gasteiger partial charge >= 0.3 is 0 Å². The van der Waals surface area contributed by atoms with Gasteiger partial charge < -0.3 is 0 Å². The zero-order valence-electron chi connectivity index (χ0n) is 11.4. The normalized spacial score (nSPS) is 14.0. The highest BCUT2D eigenvalue weighted by atomic mass is 14.1. The summed E-state index contributed by atoms with van der Waals surface area (Å²) in [6.07, 6.45) is 10.3. The second kappa shape index (κ2) is 7.17. The monoisotopic (exact) mass is 228 g/mol. The zero-order valence-corrected chi connectivity index (χ0v) is 11.4. The van der Waals surface area contributed by atoms with Gasteiger partial charge in [0, 0.05) is 5.92 Å². The lowest BCUT2D eigenvalue weighted by Crippen LogP contribution is -1.97. The molecular weight excluding hydrogens is 204 g/mol. The first kappa shape index (κ1) is 13.8. The highest BCUT2D eigenvalue weighted by Crippen LogP contribution is 2.24. The molecule has 2 unspecified atom stereocenters. The first-order chi connectivity index (χ1) is 8.22. The average Bonchev–Trinajstić information content (AvgIpc) is 2.39. The Kier molecular flexibility index (Phi) is 5.84. The highest BCUT2D eigenvalue weighted by Gasteiger charge is 2.08. The van der Waals surface area contributed by atoms with Gasteiger partial charge in [-0.3, -0.25) is 0 Å². The van der Waals surface area contributed by atoms with Crippen molar-refractivity contribution in [2.75, 3.05) is 0 Å². The van der Waals surface area contributed by atoms with E-state index >= 15 is 0 Å². The van der Waals surface area contributed by atoms with Crippen LogP contribution in [0.3, 0.4) is 0 Å². The molecule has 0 aliphatic rings. The third-order valence-corrected chi connectivity index (χ3v) is 3.57. The molecule has 0 nitrogen and oxygen atoms in total. The van der Waals surface area contributed by atoms with Crippen LogP contribution >= 0.6 is 0 Å². The second-order valence-electron chi connectivity index (χ2n) is 4.84. The van der Waals surface area contributed by atoms with Gasteiger partial charge in [0.1, 0.15) is 0 Å². The molecule has 1 rings (SSSR count). The molecule has 2 atom stereocenters. The average molecular weight is 228 g/mol. The largest absolute Gasteiger partial charge is 0.119 e. The van der Waals surface area contributed by atoms with Crippen LogP contribution in [0.15, 0.2) is 24.3 Å². The van der Waals surface area contributed by atoms with E-state index in [2.05, 4.69) is 51.0 Å². The third kappa shape index (κ3) is 3.93. The van der Waals surface area contributed by atoms with E-state index in [9.17, 15) is 0 Å². The molecule has 0 aromatic heterocycles. The molecule has 0 amide bonds. The SMILES string of the molecule is C#CC(CCCC)c1ccc(C(C)CC)cc1. The number of unbranched alkanes of at least 4 members (excludes halogenated alkanes) is 1. The Morgan fingerprint density at radius 1 is 1.12 bits per heavy atom. The fraction of sp³-hybridized carbons (Fsp3) is 0.529. The van der Waals surface area contributed by atoms with Gasteiger partial charge in [0.2, 0.25) is 0 Å². The summed E-state index contributed by atoms with van der Waals surface area (Å²) in [5.74, 6) is 3.85. The van der Waals surface area contributed by atoms with Gasteiger partial charge in [-0.1, -0.05) is 63.8 Å². The van der Waals surface area contributed by atoms with Crippen molar-refractivity contribution < 1.29 is 0 Å². The fourth-order valence-electron chi connectivity index (χ4n) is 2.05. The minimum Gasteiger partial charge on any atom is -0.119 e. The molecule has 0 aliphatic heterocycles. The standard InChI is InChI=1S/C17H24/c1-5-8-9-15(7-3)17-12-10-16(11-13-17)14(4)6-2/h3,10-15H,5-6,8-9H2,1-2,4H3. The minimum atomic E-state index is 0.293. The van der Waals surface area contributed by atoms with Gasteiger partial charge in [-0.2, -0.15) is 0 Å². The van der Waals surface area contributed by atoms with Crippen LogP contribution in [0.25, 0.3) is 0 Å². The van der Waals surface area contributed by atoms with Gasteiger partial charge in [-0.15, -0.1) is 6.42 Å². The van der Waals surface area contributed by atoms with Crippen molar-refractivity contribution in [1.29, 1.82) is 0 Å². The Balaban J connectivity index is 2.75. The molecule has 0 saturated heterocycles. The van der Waals surface area contributed by atoms with Crippen molar-refractivity contribution in [2.45, 2.75) is 58.3 Å². The van der Waals surface area contributed by atoms with E-state index in [1.165, 1.54) is 30.4 Å². The number of terminal acetylenes is 1. The van der Waals surface area contributed by atoms with Crippen molar-refractivity contribution in [3.63, 3.8) is 0 Å². The van der Waals surface area contributed by atoms with Crippen LogP contribution < -0.4 is 0 Å². The molecule has 0 bridgehead atoms. The maximum atomic E-state index is 5.62. The molecule has 92 valence electrons. The number of hydrogen-bond acceptors (Lipinski definition) is 0. The first-order valence-electron chi connectivity index (χ1n) is 6.78. The molecule has 1 aromatic carbocycles. The van der Waals surface area contributed by atoms with Crippen LogP contribution in [0.1, 0.15) is 69.4 Å². The molecule has 0 aliphatic carbocycles. The van der Waals surface area contributed by atoms with Crippen molar-refractivity contribution >= 4 is 0 Å². The molecule has 0 heterocycles. The van der Waals surface area contributed by atoms with Gasteiger partial charge in [0.05, 0.1) is 0 Å². The van der Waals surface area contributed by atoms with Crippen molar-refractivity contribution in [3.8, 4) is 12.3 Å². The first-order valence-corrected chi connectivity index (χ1v) is 6.78. The van der Waals surface area contributed by atoms with Crippen LogP contribution in [0, 0.1) is 12.3 Å². The van der Waals surface area contributed by atoms with Crippen LogP contribution in [0.4, 0.5) is 0 Å². The summed E-state index contributed by atoms with van der Waals surface area (Å²) >= 11 is 0. The van der Waals surface area contributed by atoms with Crippen LogP contribution in [0.5, 0.6) is 0 Å². The Hall–Kier alpha value is -1.22. The number of hydrogen-bond donors (Lipinski definition) is 0. The Labute approximate surface area is 106 Å². The number of rotatable bonds is 6. The van der Waals surface area contributed by atoms with Crippen molar-refractivity contribution in [3.05, 3.63) is 35.4 Å². The molecule has 17 heavy (non-hydrogen) atoms. The Morgan fingerprint density at radius 3 is 2.18 bits per heavy atom. The lowest BCUT2D eigenvalue weighted by atomic mass is 9.91. The lowest BCUT2D eigenvalue weighted by molar-refractivity contribution is 0.674. The van der Waals surface area contributed by atoms with Crippen LogP contribution in [-0.2, 0) is 0 Å². The van der Waals surface area contributed by atoms with E-state index in [0.29, 0.717) is 11.8 Å². The van der Waals surface area contributed by atoms with E-state index in [1.807, 2.05) is 0 Å². The summed E-state index contributed by atoms with van der Waals surface area (Å²) in [6.45, 7) is 6.70.